The van der Waals surface area contributed by atoms with Gasteiger partial charge >= 0.3 is 18.6 Å². The van der Waals surface area contributed by atoms with Crippen LogP contribution in [0.25, 0.3) is 0 Å². The molecule has 1 aliphatic heterocycles. The van der Waals surface area contributed by atoms with Gasteiger partial charge in [-0.1, -0.05) is 12.1 Å². The van der Waals surface area contributed by atoms with E-state index in [1.807, 2.05) is 0 Å². The zero-order valence-corrected chi connectivity index (χ0v) is 18.8. The summed E-state index contributed by atoms with van der Waals surface area (Å²) in [7, 11) is 0. The minimum Gasteiger partial charge on any atom is -0.481 e. The van der Waals surface area contributed by atoms with Crippen molar-refractivity contribution < 1.29 is 28.2 Å². The number of aromatic nitrogens is 2. The van der Waals surface area contributed by atoms with E-state index in [-0.39, 0.29) is 18.3 Å². The molecule has 34 heavy (non-hydrogen) atoms. The average molecular weight is 475 g/mol. The summed E-state index contributed by atoms with van der Waals surface area (Å²) in [5.74, 6) is -1.33. The van der Waals surface area contributed by atoms with Crippen molar-refractivity contribution in [2.75, 3.05) is 19.6 Å². The zero-order chi connectivity index (χ0) is 24.1. The Kier molecular flexibility index (Phi) is 7.54. The van der Waals surface area contributed by atoms with Gasteiger partial charge in [0.25, 0.3) is 0 Å². The van der Waals surface area contributed by atoms with Crippen LogP contribution >= 0.6 is 0 Å². The summed E-state index contributed by atoms with van der Waals surface area (Å²) < 4.78 is 29.0. The fourth-order valence-electron chi connectivity index (χ4n) is 4.64. The Morgan fingerprint density at radius 2 is 1.97 bits per heavy atom. The smallest absolute Gasteiger partial charge is 0.388 e. The number of nitrogens with zero attached hydrogens (tertiary/aromatic N) is 4. The molecule has 0 saturated carbocycles. The van der Waals surface area contributed by atoms with Gasteiger partial charge in [0.15, 0.2) is 0 Å². The van der Waals surface area contributed by atoms with Gasteiger partial charge in [0.1, 0.15) is 0 Å². The van der Waals surface area contributed by atoms with Gasteiger partial charge in [0.05, 0.1) is 12.5 Å². The van der Waals surface area contributed by atoms with Crippen LogP contribution in [-0.4, -0.2) is 63.1 Å². The number of amides is 2. The highest BCUT2D eigenvalue weighted by molar-refractivity contribution is 5.78. The Labute approximate surface area is 196 Å². The number of carbonyl (C=O) groups excluding carboxylic acids is 1. The molecule has 1 fully saturated rings. The number of aryl methyl sites for hydroxylation is 3. The third-order valence-electron chi connectivity index (χ3n) is 6.32. The average Bonchev–Trinajstić information content (AvgIpc) is 3.17. The highest BCUT2D eigenvalue weighted by Crippen LogP contribution is 2.29. The van der Waals surface area contributed by atoms with Crippen molar-refractivity contribution in [3.8, 4) is 5.88 Å². The molecule has 0 spiro atoms. The minimum absolute atomic E-state index is 0.238. The summed E-state index contributed by atoms with van der Waals surface area (Å²) in [5, 5.41) is 9.38. The van der Waals surface area contributed by atoms with Crippen molar-refractivity contribution in [3.05, 3.63) is 53.0 Å². The van der Waals surface area contributed by atoms with Crippen LogP contribution in [0.15, 0.2) is 30.5 Å². The number of aliphatic carboxylic acids is 1. The van der Waals surface area contributed by atoms with E-state index in [1.165, 1.54) is 47.3 Å². The molecule has 0 radical (unpaired) electrons. The molecule has 4 rings (SSSR count). The molecule has 1 atom stereocenters. The second-order valence-corrected chi connectivity index (χ2v) is 8.60. The van der Waals surface area contributed by atoms with Crippen LogP contribution in [0.3, 0.4) is 0 Å². The van der Waals surface area contributed by atoms with E-state index >= 15 is 0 Å². The lowest BCUT2D eigenvalue weighted by atomic mass is 9.95. The molecule has 2 amide bonds. The number of fused-ring (bicyclic) bond motifs is 1. The second kappa shape index (κ2) is 10.8. The van der Waals surface area contributed by atoms with Crippen LogP contribution in [-0.2, 0) is 24.1 Å². The number of ether oxygens (including phenoxy) is 1. The molecule has 0 unspecified atom stereocenters. The topological polar surface area (TPSA) is 95.9 Å². The predicted octanol–water partition coefficient (Wildman–Crippen LogP) is 3.84. The third-order valence-corrected chi connectivity index (χ3v) is 6.32. The van der Waals surface area contributed by atoms with Crippen LogP contribution < -0.4 is 4.74 Å². The summed E-state index contributed by atoms with van der Waals surface area (Å²) in [6.07, 6.45) is 7.01. The highest BCUT2D eigenvalue weighted by atomic mass is 19.3. The Balaban J connectivity index is 1.36. The lowest BCUT2D eigenvalue weighted by molar-refractivity contribution is -0.138. The van der Waals surface area contributed by atoms with Crippen LogP contribution in [0, 0.1) is 0 Å². The molecule has 10 heteroatoms. The van der Waals surface area contributed by atoms with E-state index in [1.54, 1.807) is 4.90 Å². The molecule has 0 aromatic carbocycles. The molecule has 2 aromatic rings. The lowest BCUT2D eigenvalue weighted by Crippen LogP contribution is -2.36. The first-order chi connectivity index (χ1) is 16.4. The maximum Gasteiger partial charge on any atom is 0.388 e. The first-order valence-electron chi connectivity index (χ1n) is 11.6. The number of hydrogen-bond acceptors (Lipinski definition) is 5. The standard InChI is InChI=1S/C24H28F2N4O4/c25-23(26)34-21-10-8-17(15-27-21)20(14-22(31)32)30-13-12-29(24(30)33)11-3-5-18-9-7-16-4-1-2-6-19(16)28-18/h7-10,15,20,23H,1-6,11-14H2,(H,31,32)/t20-/m0/s1. The van der Waals surface area contributed by atoms with Crippen molar-refractivity contribution in [3.63, 3.8) is 0 Å². The fraction of sp³-hybridized carbons (Fsp3) is 0.500. The van der Waals surface area contributed by atoms with Crippen molar-refractivity contribution >= 4 is 12.0 Å². The zero-order valence-electron chi connectivity index (χ0n) is 18.8. The largest absolute Gasteiger partial charge is 0.481 e. The number of halogens is 2. The van der Waals surface area contributed by atoms with Crippen LogP contribution in [0.1, 0.15) is 54.2 Å². The van der Waals surface area contributed by atoms with Gasteiger partial charge < -0.3 is 19.6 Å². The number of pyridine rings is 2. The number of carboxylic acids is 1. The number of rotatable bonds is 10. The minimum atomic E-state index is -3.00. The molecule has 3 heterocycles. The van der Waals surface area contributed by atoms with E-state index in [2.05, 4.69) is 21.9 Å². The number of carbonyl (C=O) groups is 2. The number of urea groups is 1. The molecule has 1 aliphatic carbocycles. The Hall–Kier alpha value is -3.30. The van der Waals surface area contributed by atoms with E-state index in [9.17, 15) is 23.5 Å². The SMILES string of the molecule is O=C(O)C[C@@H](c1ccc(OC(F)F)nc1)N1CCN(CCCc2ccc3c(n2)CCCC3)C1=O. The molecule has 1 saturated heterocycles. The molecular formula is C24H28F2N4O4. The first kappa shape index (κ1) is 23.8. The fourth-order valence-corrected chi connectivity index (χ4v) is 4.64. The Morgan fingerprint density at radius 3 is 2.71 bits per heavy atom. The van der Waals surface area contributed by atoms with Crippen molar-refractivity contribution in [2.45, 2.75) is 57.6 Å². The highest BCUT2D eigenvalue weighted by Gasteiger charge is 2.35. The van der Waals surface area contributed by atoms with Gasteiger partial charge in [-0.15, -0.1) is 0 Å². The summed E-state index contributed by atoms with van der Waals surface area (Å²) in [6.45, 7) is -1.58. The van der Waals surface area contributed by atoms with Gasteiger partial charge in [0.2, 0.25) is 5.88 Å². The van der Waals surface area contributed by atoms with Crippen molar-refractivity contribution in [1.29, 1.82) is 0 Å². The summed E-state index contributed by atoms with van der Waals surface area (Å²) >= 11 is 0. The number of alkyl halides is 2. The molecular weight excluding hydrogens is 446 g/mol. The van der Waals surface area contributed by atoms with Crippen LogP contribution in [0.5, 0.6) is 5.88 Å². The van der Waals surface area contributed by atoms with Crippen molar-refractivity contribution in [2.24, 2.45) is 0 Å². The van der Waals surface area contributed by atoms with E-state index in [0.29, 0.717) is 25.2 Å². The van der Waals surface area contributed by atoms with E-state index < -0.39 is 18.6 Å². The Morgan fingerprint density at radius 1 is 1.15 bits per heavy atom. The molecule has 2 aliphatic rings. The summed E-state index contributed by atoms with van der Waals surface area (Å²) in [6, 6.07) is 5.97. The van der Waals surface area contributed by atoms with E-state index in [0.717, 1.165) is 31.4 Å². The van der Waals surface area contributed by atoms with Gasteiger partial charge in [-0.05, 0) is 55.7 Å². The second-order valence-electron chi connectivity index (χ2n) is 8.60. The normalized spacial score (nSPS) is 16.6. The van der Waals surface area contributed by atoms with Crippen LogP contribution in [0.2, 0.25) is 0 Å². The quantitative estimate of drug-likeness (QED) is 0.562. The van der Waals surface area contributed by atoms with Gasteiger partial charge in [-0.2, -0.15) is 8.78 Å². The van der Waals surface area contributed by atoms with Crippen molar-refractivity contribution in [1.82, 2.24) is 19.8 Å². The maximum atomic E-state index is 13.0. The van der Waals surface area contributed by atoms with Gasteiger partial charge in [0, 0.05) is 43.3 Å². The molecule has 2 aromatic heterocycles. The molecule has 8 nitrogen and oxygen atoms in total. The number of hydrogen-bond donors (Lipinski definition) is 1. The lowest BCUT2D eigenvalue weighted by Gasteiger charge is -2.27. The first-order valence-corrected chi connectivity index (χ1v) is 11.6. The monoisotopic (exact) mass is 474 g/mol. The predicted molar refractivity (Wildman–Crippen MR) is 119 cm³/mol. The number of carboxylic acid groups (broad SMARTS) is 1. The van der Waals surface area contributed by atoms with E-state index in [4.69, 9.17) is 4.98 Å². The third kappa shape index (κ3) is 5.78. The molecule has 0 bridgehead atoms. The molecule has 1 N–H and O–H groups in total. The van der Waals surface area contributed by atoms with Gasteiger partial charge in [-0.25, -0.2) is 9.78 Å². The van der Waals surface area contributed by atoms with Gasteiger partial charge in [-0.3, -0.25) is 9.78 Å². The Bertz CT molecular complexity index is 1020. The maximum absolute atomic E-state index is 13.0. The molecule has 182 valence electrons. The van der Waals surface area contributed by atoms with Crippen LogP contribution in [0.4, 0.5) is 13.6 Å². The summed E-state index contributed by atoms with van der Waals surface area (Å²) in [4.78, 5) is 36.4. The summed E-state index contributed by atoms with van der Waals surface area (Å²) in [5.41, 5.74) is 4.03.